The second-order valence-corrected chi connectivity index (χ2v) is 5.19. The van der Waals surface area contributed by atoms with Gasteiger partial charge in [-0.25, -0.2) is 4.98 Å². The van der Waals surface area contributed by atoms with E-state index in [0.29, 0.717) is 5.02 Å². The topological polar surface area (TPSA) is 17.3 Å². The van der Waals surface area contributed by atoms with Crippen molar-refractivity contribution in [2.24, 2.45) is 0 Å². The van der Waals surface area contributed by atoms with E-state index in [2.05, 4.69) is 42.4 Å². The number of allylic oxidation sites excluding steroid dienone is 2. The SMILES string of the molecule is C/C=C(\C)c1c(C)nc2c(Cl)cc(C)cn12.CCC. The molecule has 0 aliphatic rings. The van der Waals surface area contributed by atoms with Gasteiger partial charge in [0.2, 0.25) is 0 Å². The Hall–Kier alpha value is -1.28. The number of aromatic nitrogens is 2. The highest BCUT2D eigenvalue weighted by Crippen LogP contribution is 2.25. The van der Waals surface area contributed by atoms with Crippen LogP contribution < -0.4 is 0 Å². The first-order chi connectivity index (χ1) is 8.96. The van der Waals surface area contributed by atoms with Gasteiger partial charge >= 0.3 is 0 Å². The number of nitrogens with zero attached hydrogens (tertiary/aromatic N) is 2. The minimum atomic E-state index is 0.707. The Kier molecular flexibility index (Phi) is 5.61. The van der Waals surface area contributed by atoms with Crippen molar-refractivity contribution < 1.29 is 0 Å². The Bertz CT molecular complexity index is 594. The monoisotopic (exact) mass is 278 g/mol. The van der Waals surface area contributed by atoms with Crippen molar-refractivity contribution >= 4 is 22.8 Å². The highest BCUT2D eigenvalue weighted by molar-refractivity contribution is 6.33. The molecule has 104 valence electrons. The zero-order chi connectivity index (χ0) is 14.6. The molecule has 2 nitrogen and oxygen atoms in total. The van der Waals surface area contributed by atoms with Gasteiger partial charge in [0.1, 0.15) is 0 Å². The Morgan fingerprint density at radius 3 is 2.47 bits per heavy atom. The average molecular weight is 279 g/mol. The molecule has 0 radical (unpaired) electrons. The predicted molar refractivity (Wildman–Crippen MR) is 85.0 cm³/mol. The Balaban J connectivity index is 0.000000550. The summed E-state index contributed by atoms with van der Waals surface area (Å²) in [5.41, 5.74) is 5.35. The molecule has 2 aromatic rings. The molecule has 0 amide bonds. The molecule has 0 aliphatic carbocycles. The third-order valence-electron chi connectivity index (χ3n) is 2.79. The number of halogens is 1. The summed E-state index contributed by atoms with van der Waals surface area (Å²) < 4.78 is 2.07. The highest BCUT2D eigenvalue weighted by atomic mass is 35.5. The van der Waals surface area contributed by atoms with Crippen LogP contribution >= 0.6 is 11.6 Å². The third-order valence-corrected chi connectivity index (χ3v) is 3.07. The summed E-state index contributed by atoms with van der Waals surface area (Å²) >= 11 is 6.19. The fourth-order valence-electron chi connectivity index (χ4n) is 1.96. The van der Waals surface area contributed by atoms with Crippen molar-refractivity contribution in [2.75, 3.05) is 0 Å². The molecule has 0 bridgehead atoms. The molecule has 2 rings (SSSR count). The van der Waals surface area contributed by atoms with Gasteiger partial charge in [0.15, 0.2) is 5.65 Å². The van der Waals surface area contributed by atoms with Crippen LogP contribution in [0.4, 0.5) is 0 Å². The van der Waals surface area contributed by atoms with Crippen LogP contribution in [-0.2, 0) is 0 Å². The summed E-state index contributed by atoms with van der Waals surface area (Å²) in [7, 11) is 0. The quantitative estimate of drug-likeness (QED) is 0.678. The van der Waals surface area contributed by atoms with Gasteiger partial charge in [0.25, 0.3) is 0 Å². The maximum atomic E-state index is 6.19. The molecule has 0 atom stereocenters. The van der Waals surface area contributed by atoms with Gasteiger partial charge in [-0.1, -0.05) is 37.9 Å². The Morgan fingerprint density at radius 1 is 1.37 bits per heavy atom. The van der Waals surface area contributed by atoms with Gasteiger partial charge in [-0.2, -0.15) is 0 Å². The van der Waals surface area contributed by atoms with Crippen LogP contribution in [0.1, 0.15) is 51.1 Å². The zero-order valence-electron chi connectivity index (χ0n) is 12.7. The minimum Gasteiger partial charge on any atom is -0.298 e. The fourth-order valence-corrected chi connectivity index (χ4v) is 2.26. The molecule has 0 aliphatic heterocycles. The summed E-state index contributed by atoms with van der Waals surface area (Å²) in [6.45, 7) is 12.4. The fraction of sp³-hybridized carbons (Fsp3) is 0.438. The van der Waals surface area contributed by atoms with Gasteiger partial charge in [-0.15, -0.1) is 0 Å². The van der Waals surface area contributed by atoms with E-state index < -0.39 is 0 Å². The predicted octanol–water partition coefficient (Wildman–Crippen LogP) is 5.44. The van der Waals surface area contributed by atoms with Crippen LogP contribution in [0.5, 0.6) is 0 Å². The number of aryl methyl sites for hydroxylation is 2. The molecule has 0 fully saturated rings. The van der Waals surface area contributed by atoms with Gasteiger partial charge in [-0.05, 0) is 44.9 Å². The first-order valence-corrected chi connectivity index (χ1v) is 7.12. The first kappa shape index (κ1) is 15.8. The van der Waals surface area contributed by atoms with E-state index in [4.69, 9.17) is 11.6 Å². The highest BCUT2D eigenvalue weighted by Gasteiger charge is 2.12. The normalized spacial score (nSPS) is 11.4. The van der Waals surface area contributed by atoms with E-state index in [0.717, 1.165) is 22.6 Å². The lowest BCUT2D eigenvalue weighted by atomic mass is 10.2. The number of fused-ring (bicyclic) bond motifs is 1. The number of hydrogen-bond donors (Lipinski definition) is 0. The van der Waals surface area contributed by atoms with Crippen molar-refractivity contribution in [1.82, 2.24) is 9.38 Å². The molecule has 19 heavy (non-hydrogen) atoms. The molecule has 0 unspecified atom stereocenters. The smallest absolute Gasteiger partial charge is 0.156 e. The van der Waals surface area contributed by atoms with Gasteiger partial charge in [0, 0.05) is 6.20 Å². The van der Waals surface area contributed by atoms with E-state index in [-0.39, 0.29) is 0 Å². The molecule has 0 aromatic carbocycles. The molecule has 0 spiro atoms. The summed E-state index contributed by atoms with van der Waals surface area (Å²) in [5, 5.41) is 0.707. The second-order valence-electron chi connectivity index (χ2n) is 4.78. The van der Waals surface area contributed by atoms with E-state index in [1.165, 1.54) is 12.0 Å². The number of pyridine rings is 1. The van der Waals surface area contributed by atoms with Gasteiger partial charge in [-0.3, -0.25) is 4.40 Å². The largest absolute Gasteiger partial charge is 0.298 e. The van der Waals surface area contributed by atoms with Crippen molar-refractivity contribution in [1.29, 1.82) is 0 Å². The van der Waals surface area contributed by atoms with Crippen molar-refractivity contribution in [3.8, 4) is 0 Å². The molecule has 0 N–H and O–H groups in total. The van der Waals surface area contributed by atoms with Crippen LogP contribution in [0.25, 0.3) is 11.2 Å². The molecular weight excluding hydrogens is 256 g/mol. The first-order valence-electron chi connectivity index (χ1n) is 6.74. The lowest BCUT2D eigenvalue weighted by molar-refractivity contribution is 1.09. The maximum Gasteiger partial charge on any atom is 0.156 e. The summed E-state index contributed by atoms with van der Waals surface area (Å²) in [4.78, 5) is 4.51. The molecule has 2 heterocycles. The van der Waals surface area contributed by atoms with E-state index in [1.807, 2.05) is 26.8 Å². The van der Waals surface area contributed by atoms with Crippen LogP contribution in [0.2, 0.25) is 5.02 Å². The average Bonchev–Trinajstić information content (AvgIpc) is 2.66. The van der Waals surface area contributed by atoms with Crippen LogP contribution in [0, 0.1) is 13.8 Å². The number of rotatable bonds is 1. The van der Waals surface area contributed by atoms with E-state index in [1.54, 1.807) is 0 Å². The third kappa shape index (κ3) is 3.38. The second kappa shape index (κ2) is 6.76. The minimum absolute atomic E-state index is 0.707. The Labute approximate surface area is 121 Å². The molecule has 0 saturated carbocycles. The van der Waals surface area contributed by atoms with Crippen molar-refractivity contribution in [3.63, 3.8) is 0 Å². The van der Waals surface area contributed by atoms with E-state index >= 15 is 0 Å². The molecule has 2 aromatic heterocycles. The number of hydrogen-bond acceptors (Lipinski definition) is 1. The standard InChI is InChI=1S/C13H15ClN2.C3H8/c1-5-9(3)12-10(4)15-13-11(14)6-8(2)7-16(12)13;1-3-2/h5-7H,1-4H3;3H2,1-2H3/b9-5+;. The van der Waals surface area contributed by atoms with E-state index in [9.17, 15) is 0 Å². The molecule has 3 heteroatoms. The number of imidazole rings is 1. The van der Waals surface area contributed by atoms with Crippen molar-refractivity contribution in [3.05, 3.63) is 40.3 Å². The maximum absolute atomic E-state index is 6.19. The van der Waals surface area contributed by atoms with Crippen LogP contribution in [0.15, 0.2) is 18.3 Å². The Morgan fingerprint density at radius 2 is 1.95 bits per heavy atom. The lowest BCUT2D eigenvalue weighted by Gasteiger charge is -2.04. The lowest BCUT2D eigenvalue weighted by Crippen LogP contribution is -1.93. The van der Waals surface area contributed by atoms with Gasteiger partial charge in [0.05, 0.1) is 16.4 Å². The molecular formula is C16H23ClN2. The summed E-state index contributed by atoms with van der Waals surface area (Å²) in [6.07, 6.45) is 5.41. The molecule has 0 saturated heterocycles. The van der Waals surface area contributed by atoms with Crippen LogP contribution in [-0.4, -0.2) is 9.38 Å². The summed E-state index contributed by atoms with van der Waals surface area (Å²) in [6, 6.07) is 1.94. The summed E-state index contributed by atoms with van der Waals surface area (Å²) in [5.74, 6) is 0. The van der Waals surface area contributed by atoms with Gasteiger partial charge < -0.3 is 0 Å². The zero-order valence-corrected chi connectivity index (χ0v) is 13.5. The van der Waals surface area contributed by atoms with Crippen LogP contribution in [0.3, 0.4) is 0 Å². The van der Waals surface area contributed by atoms with Crippen molar-refractivity contribution in [2.45, 2.75) is 48.0 Å².